The summed E-state index contributed by atoms with van der Waals surface area (Å²) in [7, 11) is 0. The first-order valence-electron chi connectivity index (χ1n) is 17.7. The number of anilines is 2. The summed E-state index contributed by atoms with van der Waals surface area (Å²) in [4.78, 5) is 52.4. The van der Waals surface area contributed by atoms with Gasteiger partial charge in [0, 0.05) is 54.2 Å². The van der Waals surface area contributed by atoms with Gasteiger partial charge < -0.3 is 24.7 Å². The maximum atomic E-state index is 15.3. The molecule has 3 heterocycles. The van der Waals surface area contributed by atoms with Gasteiger partial charge in [0.2, 0.25) is 11.8 Å². The van der Waals surface area contributed by atoms with Crippen LogP contribution in [0.2, 0.25) is 0 Å². The minimum Gasteiger partial charge on any atom is -0.394 e. The van der Waals surface area contributed by atoms with E-state index in [2.05, 4.69) is 47.8 Å². The molecule has 3 saturated heterocycles. The van der Waals surface area contributed by atoms with Gasteiger partial charge in [-0.15, -0.1) is 24.9 Å². The fraction of sp³-hybridized carbons (Fsp3) is 0.390. The Balaban J connectivity index is 1.45. The molecule has 6 rings (SSSR count). The number of fused-ring (bicyclic) bond motifs is 1. The summed E-state index contributed by atoms with van der Waals surface area (Å²) in [6, 6.07) is 25.4. The van der Waals surface area contributed by atoms with Crippen molar-refractivity contribution in [3.63, 3.8) is 0 Å². The fourth-order valence-electron chi connectivity index (χ4n) is 8.43. The molecule has 3 aromatic rings. The number of carbonyl (C=O) groups is 3. The summed E-state index contributed by atoms with van der Waals surface area (Å²) in [5.41, 5.74) is 3.47. The lowest BCUT2D eigenvalue weighted by Crippen LogP contribution is -2.56. The summed E-state index contributed by atoms with van der Waals surface area (Å²) in [6.07, 6.45) is 3.95. The smallest absolute Gasteiger partial charge is 0.251 e. The van der Waals surface area contributed by atoms with Gasteiger partial charge in [-0.1, -0.05) is 88.7 Å². The van der Waals surface area contributed by atoms with Gasteiger partial charge in [-0.05, 0) is 55.7 Å². The molecule has 0 saturated carbocycles. The molecule has 8 nitrogen and oxygen atoms in total. The van der Waals surface area contributed by atoms with Crippen molar-refractivity contribution >= 4 is 56.8 Å². The minimum absolute atomic E-state index is 0.0939. The van der Waals surface area contributed by atoms with Gasteiger partial charge in [0.1, 0.15) is 6.04 Å². The number of halogens is 1. The maximum absolute atomic E-state index is 15.3. The Hall–Kier alpha value is -3.86. The molecule has 1 N–H and O–H groups in total. The molecule has 0 aromatic heterocycles. The van der Waals surface area contributed by atoms with E-state index in [-0.39, 0.29) is 41.0 Å². The molecule has 3 aliphatic rings. The highest BCUT2D eigenvalue weighted by atomic mass is 79.9. The number of benzene rings is 3. The first-order chi connectivity index (χ1) is 24.7. The van der Waals surface area contributed by atoms with Crippen LogP contribution in [0.5, 0.6) is 0 Å². The van der Waals surface area contributed by atoms with Crippen LogP contribution in [0.15, 0.2) is 110 Å². The Morgan fingerprint density at radius 3 is 2.14 bits per heavy atom. The highest BCUT2D eigenvalue weighted by Gasteiger charge is 2.76. The van der Waals surface area contributed by atoms with Crippen molar-refractivity contribution < 1.29 is 19.5 Å². The Labute approximate surface area is 314 Å². The van der Waals surface area contributed by atoms with E-state index in [0.717, 1.165) is 29.9 Å². The summed E-state index contributed by atoms with van der Waals surface area (Å²) < 4.78 is -0.900. The number of aliphatic hydroxyl groups excluding tert-OH is 1. The van der Waals surface area contributed by atoms with Crippen molar-refractivity contribution in [1.82, 2.24) is 9.80 Å². The van der Waals surface area contributed by atoms with Crippen LogP contribution in [-0.4, -0.2) is 86.3 Å². The van der Waals surface area contributed by atoms with Crippen LogP contribution in [0.3, 0.4) is 0 Å². The van der Waals surface area contributed by atoms with Crippen LogP contribution in [-0.2, 0) is 20.9 Å². The van der Waals surface area contributed by atoms with E-state index in [1.165, 1.54) is 0 Å². The topological polar surface area (TPSA) is 84.4 Å². The van der Waals surface area contributed by atoms with Gasteiger partial charge >= 0.3 is 0 Å². The number of rotatable bonds is 15. The lowest BCUT2D eigenvalue weighted by Gasteiger charge is -2.40. The third kappa shape index (κ3) is 6.66. The van der Waals surface area contributed by atoms with Crippen molar-refractivity contribution in [2.24, 2.45) is 11.8 Å². The summed E-state index contributed by atoms with van der Waals surface area (Å²) in [6.45, 7) is 14.4. The number of thioether (sulfide) groups is 1. The van der Waals surface area contributed by atoms with E-state index in [0.29, 0.717) is 25.2 Å². The summed E-state index contributed by atoms with van der Waals surface area (Å²) in [5, 5.41) is 10.8. The molecular weight excluding hydrogens is 724 g/mol. The normalized spacial score (nSPS) is 25.3. The largest absolute Gasteiger partial charge is 0.394 e. The molecule has 2 bridgehead atoms. The molecule has 3 fully saturated rings. The highest BCUT2D eigenvalue weighted by Crippen LogP contribution is 2.69. The van der Waals surface area contributed by atoms with E-state index in [1.54, 1.807) is 38.6 Å². The Morgan fingerprint density at radius 2 is 1.55 bits per heavy atom. The first kappa shape index (κ1) is 36.9. The zero-order chi connectivity index (χ0) is 36.3. The second kappa shape index (κ2) is 15.8. The summed E-state index contributed by atoms with van der Waals surface area (Å²) in [5.74, 6) is -2.05. The molecule has 268 valence electrons. The molecule has 7 atom stereocenters. The van der Waals surface area contributed by atoms with Crippen LogP contribution >= 0.6 is 27.7 Å². The zero-order valence-corrected chi connectivity index (χ0v) is 31.7. The van der Waals surface area contributed by atoms with Crippen LogP contribution in [0.1, 0.15) is 37.4 Å². The second-order valence-electron chi connectivity index (χ2n) is 13.4. The molecular formula is C41H47BrN4O4S. The van der Waals surface area contributed by atoms with E-state index in [4.69, 9.17) is 0 Å². The number of hydrogen-bond acceptors (Lipinski definition) is 6. The monoisotopic (exact) mass is 770 g/mol. The second-order valence-corrected chi connectivity index (χ2v) is 16.2. The van der Waals surface area contributed by atoms with Crippen molar-refractivity contribution in [2.75, 3.05) is 42.6 Å². The Kier molecular flexibility index (Phi) is 11.4. The molecule has 3 amide bonds. The number of alkyl halides is 1. The van der Waals surface area contributed by atoms with Crippen molar-refractivity contribution in [3.8, 4) is 0 Å². The van der Waals surface area contributed by atoms with Gasteiger partial charge in [0.15, 0.2) is 0 Å². The average molecular weight is 772 g/mol. The Bertz CT molecular complexity index is 1720. The lowest BCUT2D eigenvalue weighted by atomic mass is 9.70. The molecule has 1 spiro atoms. The van der Waals surface area contributed by atoms with E-state index < -0.39 is 28.7 Å². The van der Waals surface area contributed by atoms with E-state index >= 15 is 9.59 Å². The number of hydrogen-bond donors (Lipinski definition) is 1. The van der Waals surface area contributed by atoms with E-state index in [1.807, 2.05) is 84.9 Å². The standard InChI is InChI=1S/C41H47BrN4O4S/c1-5-23-44(26-28-15-11-9-12-16-28)38(48)34-35-39(49)46(33(27-47)29-17-13-10-14-18-29)37(41(35)25-32(42)36(34)51-41)40(50)45(24-6-2)31-21-19-30(20-22-31)43(7-3)8-4/h5-6,9-22,32-37,47H,1-2,7-8,23-27H2,3-4H3/t32?,33-,34+,35+,36+,37?,41?/m1/s1. The predicted molar refractivity (Wildman–Crippen MR) is 210 cm³/mol. The quantitative estimate of drug-likeness (QED) is 0.141. The third-order valence-corrected chi connectivity index (χ3v) is 13.9. The third-order valence-electron chi connectivity index (χ3n) is 10.7. The van der Waals surface area contributed by atoms with Gasteiger partial charge in [0.05, 0.1) is 29.2 Å². The van der Waals surface area contributed by atoms with Gasteiger partial charge in [-0.2, -0.15) is 0 Å². The molecule has 10 heteroatoms. The average Bonchev–Trinajstić information content (AvgIpc) is 3.75. The van der Waals surface area contributed by atoms with Crippen LogP contribution < -0.4 is 9.80 Å². The highest BCUT2D eigenvalue weighted by molar-refractivity contribution is 9.09. The maximum Gasteiger partial charge on any atom is 0.251 e. The molecule has 3 aromatic carbocycles. The molecule has 3 aliphatic heterocycles. The number of carbonyl (C=O) groups excluding carboxylic acids is 3. The van der Waals surface area contributed by atoms with Crippen molar-refractivity contribution in [3.05, 3.63) is 121 Å². The number of aliphatic hydroxyl groups is 1. The molecule has 3 unspecified atom stereocenters. The zero-order valence-electron chi connectivity index (χ0n) is 29.3. The fourth-order valence-corrected chi connectivity index (χ4v) is 12.0. The molecule has 51 heavy (non-hydrogen) atoms. The van der Waals surface area contributed by atoms with Crippen molar-refractivity contribution in [1.29, 1.82) is 0 Å². The van der Waals surface area contributed by atoms with Gasteiger partial charge in [-0.3, -0.25) is 14.4 Å². The number of nitrogens with zero attached hydrogens (tertiary/aromatic N) is 4. The number of likely N-dealkylation sites (tertiary alicyclic amines) is 1. The van der Waals surface area contributed by atoms with Crippen molar-refractivity contribution in [2.45, 2.75) is 53.7 Å². The molecule has 0 aliphatic carbocycles. The predicted octanol–water partition coefficient (Wildman–Crippen LogP) is 6.46. The van der Waals surface area contributed by atoms with E-state index in [9.17, 15) is 9.90 Å². The van der Waals surface area contributed by atoms with Crippen LogP contribution in [0.25, 0.3) is 0 Å². The van der Waals surface area contributed by atoms with Crippen LogP contribution in [0.4, 0.5) is 11.4 Å². The van der Waals surface area contributed by atoms with Gasteiger partial charge in [0.25, 0.3) is 5.91 Å². The molecule has 0 radical (unpaired) electrons. The number of amides is 3. The summed E-state index contributed by atoms with van der Waals surface area (Å²) >= 11 is 5.52. The Morgan fingerprint density at radius 1 is 0.941 bits per heavy atom. The first-order valence-corrected chi connectivity index (χ1v) is 19.5. The minimum atomic E-state index is -0.940. The van der Waals surface area contributed by atoms with Gasteiger partial charge in [-0.25, -0.2) is 0 Å². The SMILES string of the molecule is C=CCN(Cc1ccccc1)C(=O)[C@H]1[C@H]2C(=O)N([C@H](CO)c3ccccc3)C(C(=O)N(CC=C)c3ccc(N(CC)CC)cc3)C23CC(Br)[C@@H]1S3. The lowest BCUT2D eigenvalue weighted by molar-refractivity contribution is -0.145. The van der Waals surface area contributed by atoms with Crippen LogP contribution in [0, 0.1) is 11.8 Å².